The SMILES string of the molecule is CC[Si](CC)(CC)OC1CC(O[Si](CC)(CC)CC)[C@H](C/C=C\CCCC(=O)OC(C)C)[C@H]1/C=C/[C@H](COc1cccc(C(F)(F)F)c1)O[Si](CC)(CC)CC. The molecule has 2 rings (SSSR count). The number of ether oxygens (including phenoxy) is 2. The third kappa shape index (κ3) is 15.1. The first-order valence-corrected chi connectivity index (χ1v) is 29.5. The Hall–Kier alpha value is -1.71. The lowest BCUT2D eigenvalue weighted by Crippen LogP contribution is -2.42. The largest absolute Gasteiger partial charge is 0.491 e. The maximum absolute atomic E-state index is 13.6. The van der Waals surface area contributed by atoms with Crippen molar-refractivity contribution < 1.29 is 40.7 Å². The van der Waals surface area contributed by atoms with E-state index in [1.807, 2.05) is 13.8 Å². The van der Waals surface area contributed by atoms with Gasteiger partial charge in [0.25, 0.3) is 0 Å². The van der Waals surface area contributed by atoms with E-state index in [2.05, 4.69) is 86.6 Å². The van der Waals surface area contributed by atoms with E-state index in [0.717, 1.165) is 92.2 Å². The van der Waals surface area contributed by atoms with Crippen LogP contribution in [-0.2, 0) is 29.0 Å². The Labute approximate surface area is 342 Å². The fourth-order valence-electron chi connectivity index (χ4n) is 8.26. The molecule has 1 aromatic rings. The second-order valence-corrected chi connectivity index (χ2v) is 30.2. The number of unbranched alkanes of at least 4 members (excludes halogenated alkanes) is 1. The van der Waals surface area contributed by atoms with Crippen molar-refractivity contribution in [2.45, 2.75) is 193 Å². The fraction of sp³-hybridized carbons (Fsp3) is 0.750. The Morgan fingerprint density at radius 1 is 0.804 bits per heavy atom. The minimum atomic E-state index is -4.45. The minimum Gasteiger partial charge on any atom is -0.491 e. The predicted molar refractivity (Wildman–Crippen MR) is 233 cm³/mol. The molecule has 0 amide bonds. The number of rotatable bonds is 27. The highest BCUT2D eigenvalue weighted by Gasteiger charge is 2.48. The molecule has 1 aliphatic rings. The highest BCUT2D eigenvalue weighted by atomic mass is 28.4. The van der Waals surface area contributed by atoms with E-state index >= 15 is 0 Å². The summed E-state index contributed by atoms with van der Waals surface area (Å²) in [6, 6.07) is 14.3. The minimum absolute atomic E-state index is 0.0141. The van der Waals surface area contributed by atoms with E-state index in [1.165, 1.54) is 6.07 Å². The molecule has 1 saturated carbocycles. The maximum atomic E-state index is 13.6. The van der Waals surface area contributed by atoms with Gasteiger partial charge in [-0.25, -0.2) is 0 Å². The summed E-state index contributed by atoms with van der Waals surface area (Å²) in [6.07, 6.45) is 7.50. The Kier molecular flexibility index (Phi) is 22.0. The smallest absolute Gasteiger partial charge is 0.416 e. The lowest BCUT2D eigenvalue weighted by atomic mass is 9.89. The third-order valence-corrected chi connectivity index (χ3v) is 26.7. The van der Waals surface area contributed by atoms with Crippen LogP contribution in [0.25, 0.3) is 0 Å². The molecule has 2 unspecified atom stereocenters. The van der Waals surface area contributed by atoms with Gasteiger partial charge in [0.1, 0.15) is 12.4 Å². The Morgan fingerprint density at radius 2 is 1.36 bits per heavy atom. The normalized spacial score (nSPS) is 20.4. The van der Waals surface area contributed by atoms with Gasteiger partial charge in [-0.3, -0.25) is 4.79 Å². The second-order valence-electron chi connectivity index (χ2n) is 16.0. The Bertz CT molecular complexity index is 1300. The topological polar surface area (TPSA) is 63.2 Å². The summed E-state index contributed by atoms with van der Waals surface area (Å²) in [5, 5.41) is 0. The molecule has 1 aliphatic carbocycles. The number of hydrogen-bond acceptors (Lipinski definition) is 6. The van der Waals surface area contributed by atoms with Crippen LogP contribution in [0, 0.1) is 11.8 Å². The molecule has 0 N–H and O–H groups in total. The summed E-state index contributed by atoms with van der Waals surface area (Å²) in [5.74, 6) is 0.246. The van der Waals surface area contributed by atoms with E-state index in [9.17, 15) is 18.0 Å². The monoisotopic (exact) mass is 842 g/mol. The molecule has 0 aliphatic heterocycles. The van der Waals surface area contributed by atoms with Gasteiger partial charge in [-0.2, -0.15) is 13.2 Å². The number of hydrogen-bond donors (Lipinski definition) is 0. The van der Waals surface area contributed by atoms with Crippen molar-refractivity contribution >= 4 is 30.9 Å². The van der Waals surface area contributed by atoms with Gasteiger partial charge in [0.05, 0.1) is 30.0 Å². The number of allylic oxidation sites excluding steroid dienone is 2. The van der Waals surface area contributed by atoms with Gasteiger partial charge in [0.2, 0.25) is 0 Å². The molecule has 1 aromatic carbocycles. The van der Waals surface area contributed by atoms with Gasteiger partial charge in [0, 0.05) is 12.3 Å². The third-order valence-electron chi connectivity index (χ3n) is 12.7. The molecular formula is C44H77F3O6Si3. The maximum Gasteiger partial charge on any atom is 0.416 e. The van der Waals surface area contributed by atoms with Gasteiger partial charge < -0.3 is 22.8 Å². The lowest BCUT2D eigenvalue weighted by Gasteiger charge is -2.35. The summed E-state index contributed by atoms with van der Waals surface area (Å²) in [4.78, 5) is 12.1. The van der Waals surface area contributed by atoms with Gasteiger partial charge >= 0.3 is 12.1 Å². The van der Waals surface area contributed by atoms with E-state index in [-0.39, 0.29) is 48.5 Å². The van der Waals surface area contributed by atoms with Crippen molar-refractivity contribution in [1.82, 2.24) is 0 Å². The zero-order valence-corrected chi connectivity index (χ0v) is 39.8. The molecule has 0 aromatic heterocycles. The van der Waals surface area contributed by atoms with Crippen molar-refractivity contribution in [1.29, 1.82) is 0 Å². The number of benzene rings is 1. The quantitative estimate of drug-likeness (QED) is 0.0380. The van der Waals surface area contributed by atoms with Gasteiger partial charge in [0.15, 0.2) is 25.0 Å². The molecule has 12 heteroatoms. The van der Waals surface area contributed by atoms with E-state index in [1.54, 1.807) is 6.07 Å². The standard InChI is InChI=1S/C44H77F3O6Si3/c1-12-54(13-2,14-3)51-38(34-49-37-27-25-26-36(32-37)44(45,46)47)30-31-40-39(28-23-21-22-24-29-43(48)50-35(10)11)41(52-55(15-4,16-5)17-6)33-42(40)53-56(18-7,19-8)20-9/h21,23,25-27,30-32,35,38-42H,12-20,22,24,28-29,33-34H2,1-11H3/b23-21-,31-30+/t38-,39-,40-,41?,42?/m1/s1. The zero-order chi connectivity index (χ0) is 42.0. The number of halogens is 3. The number of carbonyl (C=O) groups excluding carboxylic acids is 1. The van der Waals surface area contributed by atoms with Crippen LogP contribution in [0.15, 0.2) is 48.6 Å². The van der Waals surface area contributed by atoms with Crippen molar-refractivity contribution in [3.8, 4) is 5.75 Å². The van der Waals surface area contributed by atoms with E-state index in [0.29, 0.717) is 6.42 Å². The molecule has 6 nitrogen and oxygen atoms in total. The van der Waals surface area contributed by atoms with Crippen LogP contribution in [0.3, 0.4) is 0 Å². The van der Waals surface area contributed by atoms with E-state index in [4.69, 9.17) is 22.8 Å². The molecule has 56 heavy (non-hydrogen) atoms. The molecule has 0 radical (unpaired) electrons. The number of esters is 1. The van der Waals surface area contributed by atoms with Crippen LogP contribution in [0.4, 0.5) is 13.2 Å². The molecule has 5 atom stereocenters. The highest BCUT2D eigenvalue weighted by Crippen LogP contribution is 2.45. The summed E-state index contributed by atoms with van der Waals surface area (Å²) in [6.45, 7) is 24.0. The first-order chi connectivity index (χ1) is 26.6. The summed E-state index contributed by atoms with van der Waals surface area (Å²) in [7, 11) is -6.12. The summed E-state index contributed by atoms with van der Waals surface area (Å²) >= 11 is 0. The van der Waals surface area contributed by atoms with Gasteiger partial charge in [-0.15, -0.1) is 0 Å². The van der Waals surface area contributed by atoms with Crippen LogP contribution in [-0.4, -0.2) is 61.9 Å². The average Bonchev–Trinajstić information content (AvgIpc) is 3.50. The molecule has 0 saturated heterocycles. The van der Waals surface area contributed by atoms with Crippen molar-refractivity contribution in [2.75, 3.05) is 6.61 Å². The zero-order valence-electron chi connectivity index (χ0n) is 36.8. The van der Waals surface area contributed by atoms with Crippen molar-refractivity contribution in [3.05, 3.63) is 54.1 Å². The summed E-state index contributed by atoms with van der Waals surface area (Å²) in [5.41, 5.74) is -0.730. The molecule has 0 bridgehead atoms. The average molecular weight is 843 g/mol. The van der Waals surface area contributed by atoms with Crippen molar-refractivity contribution in [3.63, 3.8) is 0 Å². The highest BCUT2D eigenvalue weighted by molar-refractivity contribution is 6.74. The molecular weight excluding hydrogens is 766 g/mol. The first-order valence-electron chi connectivity index (χ1n) is 21.9. The predicted octanol–water partition coefficient (Wildman–Crippen LogP) is 13.5. The van der Waals surface area contributed by atoms with Gasteiger partial charge in [-0.05, 0) is 118 Å². The van der Waals surface area contributed by atoms with Crippen LogP contribution in [0.2, 0.25) is 54.4 Å². The molecule has 322 valence electrons. The fourth-order valence-corrected chi connectivity index (χ4v) is 16.9. The first kappa shape index (κ1) is 50.4. The Morgan fingerprint density at radius 3 is 1.88 bits per heavy atom. The van der Waals surface area contributed by atoms with Crippen molar-refractivity contribution in [2.24, 2.45) is 11.8 Å². The lowest BCUT2D eigenvalue weighted by molar-refractivity contribution is -0.147. The van der Waals surface area contributed by atoms with Crippen LogP contribution in [0.1, 0.15) is 114 Å². The molecule has 0 spiro atoms. The molecule has 1 fully saturated rings. The number of alkyl halides is 3. The van der Waals surface area contributed by atoms with Crippen LogP contribution in [0.5, 0.6) is 5.75 Å². The van der Waals surface area contributed by atoms with Gasteiger partial charge in [-0.1, -0.05) is 92.7 Å². The second kappa shape index (κ2) is 24.4. The molecule has 0 heterocycles. The van der Waals surface area contributed by atoms with Crippen LogP contribution < -0.4 is 4.74 Å². The summed E-state index contributed by atoms with van der Waals surface area (Å²) < 4.78 is 74.0. The van der Waals surface area contributed by atoms with Crippen LogP contribution >= 0.6 is 0 Å². The Balaban J connectivity index is 2.60. The number of carbonyl (C=O) groups is 1. The van der Waals surface area contributed by atoms with E-state index < -0.39 is 42.8 Å².